The van der Waals surface area contributed by atoms with Gasteiger partial charge in [-0.2, -0.15) is 13.2 Å². The number of carboxylic acids is 1. The standard InChI is InChI=1S/C25H25F3N2O5/c1-15(21(31)30-11-10-24(14-30,22(32)33)25(26,27)28)12-29-23(34)35-13-20-18-8-4-2-6-16(18)17-7-3-5-9-19(17)20/h2-9,15,20H,10-14H2,1H3,(H,29,34)(H,32,33). The van der Waals surface area contributed by atoms with Crippen molar-refractivity contribution in [1.82, 2.24) is 10.2 Å². The maximum atomic E-state index is 13.4. The first kappa shape index (κ1) is 24.6. The number of fused-ring (bicyclic) bond motifs is 3. The zero-order chi connectivity index (χ0) is 25.4. The quantitative estimate of drug-likeness (QED) is 0.638. The van der Waals surface area contributed by atoms with Crippen LogP contribution in [0.1, 0.15) is 30.4 Å². The van der Waals surface area contributed by atoms with E-state index >= 15 is 0 Å². The van der Waals surface area contributed by atoms with Crippen LogP contribution >= 0.6 is 0 Å². The molecule has 4 rings (SSSR count). The van der Waals surface area contributed by atoms with Gasteiger partial charge in [-0.05, 0) is 28.7 Å². The van der Waals surface area contributed by atoms with Crippen molar-refractivity contribution < 1.29 is 37.4 Å². The first-order chi connectivity index (χ1) is 16.5. The van der Waals surface area contributed by atoms with Crippen LogP contribution in [0.2, 0.25) is 0 Å². The van der Waals surface area contributed by atoms with E-state index in [0.29, 0.717) is 0 Å². The molecule has 1 saturated heterocycles. The van der Waals surface area contributed by atoms with Crippen LogP contribution in [0.15, 0.2) is 48.5 Å². The maximum Gasteiger partial charge on any atom is 0.407 e. The molecule has 1 fully saturated rings. The van der Waals surface area contributed by atoms with Crippen LogP contribution in [0.25, 0.3) is 11.1 Å². The van der Waals surface area contributed by atoms with E-state index in [4.69, 9.17) is 9.84 Å². The number of amides is 2. The molecule has 186 valence electrons. The molecule has 2 atom stereocenters. The number of aliphatic carboxylic acids is 1. The second-order valence-corrected chi connectivity index (χ2v) is 9.00. The zero-order valence-corrected chi connectivity index (χ0v) is 19.0. The molecule has 0 saturated carbocycles. The van der Waals surface area contributed by atoms with Crippen molar-refractivity contribution in [2.45, 2.75) is 25.4 Å². The fourth-order valence-corrected chi connectivity index (χ4v) is 4.81. The number of ether oxygens (including phenoxy) is 1. The Kier molecular flexibility index (Phi) is 6.48. The highest BCUT2D eigenvalue weighted by atomic mass is 19.4. The largest absolute Gasteiger partial charge is 0.481 e. The Morgan fingerprint density at radius 3 is 2.20 bits per heavy atom. The van der Waals surface area contributed by atoms with Gasteiger partial charge in [0.15, 0.2) is 5.41 Å². The second-order valence-electron chi connectivity index (χ2n) is 9.00. The number of nitrogens with one attached hydrogen (secondary N) is 1. The van der Waals surface area contributed by atoms with E-state index in [1.165, 1.54) is 6.92 Å². The molecule has 1 heterocycles. The van der Waals surface area contributed by atoms with Gasteiger partial charge in [0.1, 0.15) is 6.61 Å². The molecule has 2 unspecified atom stereocenters. The van der Waals surface area contributed by atoms with Gasteiger partial charge in [-0.15, -0.1) is 0 Å². The average molecular weight is 490 g/mol. The van der Waals surface area contributed by atoms with Crippen molar-refractivity contribution in [1.29, 1.82) is 0 Å². The van der Waals surface area contributed by atoms with E-state index in [-0.39, 0.29) is 25.6 Å². The van der Waals surface area contributed by atoms with Crippen LogP contribution in [-0.2, 0) is 14.3 Å². The summed E-state index contributed by atoms with van der Waals surface area (Å²) in [5.41, 5.74) is 1.29. The van der Waals surface area contributed by atoms with Gasteiger partial charge in [0.05, 0.1) is 5.92 Å². The fraction of sp³-hybridized carbons (Fsp3) is 0.400. The molecular weight excluding hydrogens is 465 g/mol. The highest BCUT2D eigenvalue weighted by Gasteiger charge is 2.64. The number of hydrogen-bond acceptors (Lipinski definition) is 4. The highest BCUT2D eigenvalue weighted by Crippen LogP contribution is 2.46. The fourth-order valence-electron chi connectivity index (χ4n) is 4.81. The van der Waals surface area contributed by atoms with Crippen molar-refractivity contribution in [2.24, 2.45) is 11.3 Å². The molecule has 2 aromatic carbocycles. The Hall–Kier alpha value is -3.56. The van der Waals surface area contributed by atoms with Crippen molar-refractivity contribution in [3.8, 4) is 11.1 Å². The molecule has 2 amide bonds. The van der Waals surface area contributed by atoms with Crippen LogP contribution in [0.3, 0.4) is 0 Å². The summed E-state index contributed by atoms with van der Waals surface area (Å²) in [6, 6.07) is 15.7. The number of hydrogen-bond donors (Lipinski definition) is 2. The van der Waals surface area contributed by atoms with E-state index in [9.17, 15) is 27.6 Å². The molecule has 2 aliphatic rings. The Bertz CT molecular complexity index is 1110. The lowest BCUT2D eigenvalue weighted by Crippen LogP contribution is -2.48. The van der Waals surface area contributed by atoms with Crippen LogP contribution < -0.4 is 5.32 Å². The third-order valence-corrected chi connectivity index (χ3v) is 6.85. The van der Waals surface area contributed by atoms with Crippen LogP contribution in [-0.4, -0.2) is 60.4 Å². The lowest BCUT2D eigenvalue weighted by atomic mass is 9.86. The molecule has 2 aromatic rings. The van der Waals surface area contributed by atoms with Gasteiger partial charge in [-0.1, -0.05) is 55.5 Å². The molecular formula is C25H25F3N2O5. The van der Waals surface area contributed by atoms with Gasteiger partial charge in [0.2, 0.25) is 5.91 Å². The third kappa shape index (κ3) is 4.44. The normalized spacial score (nSPS) is 20.2. The molecule has 0 spiro atoms. The molecule has 7 nitrogen and oxygen atoms in total. The number of halogens is 3. The van der Waals surface area contributed by atoms with Gasteiger partial charge in [0, 0.05) is 25.6 Å². The van der Waals surface area contributed by atoms with Crippen molar-refractivity contribution in [3.05, 3.63) is 59.7 Å². The third-order valence-electron chi connectivity index (χ3n) is 6.85. The van der Waals surface area contributed by atoms with E-state index in [0.717, 1.165) is 27.2 Å². The van der Waals surface area contributed by atoms with E-state index in [1.54, 1.807) is 0 Å². The number of carbonyl (C=O) groups is 3. The Morgan fingerprint density at radius 2 is 1.69 bits per heavy atom. The summed E-state index contributed by atoms with van der Waals surface area (Å²) in [7, 11) is 0. The number of alkyl carbamates (subject to hydrolysis) is 1. The first-order valence-electron chi connectivity index (χ1n) is 11.2. The highest BCUT2D eigenvalue weighted by molar-refractivity contribution is 5.83. The minimum Gasteiger partial charge on any atom is -0.481 e. The zero-order valence-electron chi connectivity index (χ0n) is 19.0. The van der Waals surface area contributed by atoms with Crippen molar-refractivity contribution in [2.75, 3.05) is 26.2 Å². The minimum absolute atomic E-state index is 0.0844. The summed E-state index contributed by atoms with van der Waals surface area (Å²) in [5, 5.41) is 11.6. The van der Waals surface area contributed by atoms with Gasteiger partial charge in [-0.25, -0.2) is 4.79 Å². The molecule has 0 aromatic heterocycles. The summed E-state index contributed by atoms with van der Waals surface area (Å²) >= 11 is 0. The number of carbonyl (C=O) groups excluding carboxylic acids is 2. The van der Waals surface area contributed by atoms with Crippen molar-refractivity contribution in [3.63, 3.8) is 0 Å². The van der Waals surface area contributed by atoms with Crippen LogP contribution in [0, 0.1) is 11.3 Å². The smallest absolute Gasteiger partial charge is 0.407 e. The van der Waals surface area contributed by atoms with Crippen molar-refractivity contribution >= 4 is 18.0 Å². The minimum atomic E-state index is -4.98. The van der Waals surface area contributed by atoms with Gasteiger partial charge >= 0.3 is 18.2 Å². The maximum absolute atomic E-state index is 13.4. The molecule has 1 aliphatic carbocycles. The topological polar surface area (TPSA) is 95.9 Å². The van der Waals surface area contributed by atoms with Crippen LogP contribution in [0.5, 0.6) is 0 Å². The predicted molar refractivity (Wildman–Crippen MR) is 120 cm³/mol. The summed E-state index contributed by atoms with van der Waals surface area (Å²) in [4.78, 5) is 37.1. The Labute approximate surface area is 199 Å². The average Bonchev–Trinajstić information content (AvgIpc) is 3.42. The molecule has 0 radical (unpaired) electrons. The number of rotatable bonds is 6. The number of likely N-dealkylation sites (tertiary alicyclic amines) is 1. The summed E-state index contributed by atoms with van der Waals surface area (Å²) < 4.78 is 45.5. The lowest BCUT2D eigenvalue weighted by Gasteiger charge is -2.28. The number of carboxylic acid groups (broad SMARTS) is 1. The summed E-state index contributed by atoms with van der Waals surface area (Å²) in [5.74, 6) is -3.64. The molecule has 2 N–H and O–H groups in total. The Balaban J connectivity index is 1.31. The van der Waals surface area contributed by atoms with E-state index in [2.05, 4.69) is 5.32 Å². The van der Waals surface area contributed by atoms with E-state index < -0.39 is 48.4 Å². The number of benzene rings is 2. The SMILES string of the molecule is CC(CNC(=O)OCC1c2ccccc2-c2ccccc21)C(=O)N1CCC(C(=O)O)(C(F)(F)F)C1. The molecule has 1 aliphatic heterocycles. The van der Waals surface area contributed by atoms with Gasteiger partial charge < -0.3 is 20.1 Å². The molecule has 10 heteroatoms. The lowest BCUT2D eigenvalue weighted by molar-refractivity contribution is -0.227. The Morgan fingerprint density at radius 1 is 1.11 bits per heavy atom. The molecule has 35 heavy (non-hydrogen) atoms. The second kappa shape index (κ2) is 9.24. The molecule has 0 bridgehead atoms. The van der Waals surface area contributed by atoms with Gasteiger partial charge in [-0.3, -0.25) is 9.59 Å². The number of nitrogens with zero attached hydrogens (tertiary/aromatic N) is 1. The first-order valence-corrected chi connectivity index (χ1v) is 11.2. The van der Waals surface area contributed by atoms with E-state index in [1.807, 2.05) is 48.5 Å². The predicted octanol–water partition coefficient (Wildman–Crippen LogP) is 4.03. The summed E-state index contributed by atoms with van der Waals surface area (Å²) in [6.07, 6.45) is -6.43. The summed E-state index contributed by atoms with van der Waals surface area (Å²) in [6.45, 7) is 0.124. The monoisotopic (exact) mass is 490 g/mol. The van der Waals surface area contributed by atoms with Crippen LogP contribution in [0.4, 0.5) is 18.0 Å². The van der Waals surface area contributed by atoms with Gasteiger partial charge in [0.25, 0.3) is 0 Å². The number of alkyl halides is 3.